The zero-order chi connectivity index (χ0) is 18.0. The first-order valence-electron chi connectivity index (χ1n) is 7.71. The van der Waals surface area contributed by atoms with Gasteiger partial charge < -0.3 is 19.9 Å². The van der Waals surface area contributed by atoms with E-state index in [-0.39, 0.29) is 12.1 Å². The highest BCUT2D eigenvalue weighted by atomic mass is 16.5. The zero-order valence-corrected chi connectivity index (χ0v) is 14.5. The fourth-order valence-electron chi connectivity index (χ4n) is 2.34. The van der Waals surface area contributed by atoms with Crippen molar-refractivity contribution in [2.45, 2.75) is 20.0 Å². The van der Waals surface area contributed by atoms with Gasteiger partial charge in [0.1, 0.15) is 0 Å². The van der Waals surface area contributed by atoms with Crippen molar-refractivity contribution < 1.29 is 14.2 Å². The van der Waals surface area contributed by atoms with Gasteiger partial charge in [0.05, 0.1) is 32.2 Å². The Labute approximate surface area is 145 Å². The minimum atomic E-state index is -0.0650. The summed E-state index contributed by atoms with van der Waals surface area (Å²) in [7, 11) is 3.17. The first-order valence-corrected chi connectivity index (χ1v) is 7.71. The van der Waals surface area contributed by atoms with Crippen molar-refractivity contribution in [3.8, 4) is 28.6 Å². The van der Waals surface area contributed by atoms with Gasteiger partial charge in [-0.25, -0.2) is 9.97 Å². The van der Waals surface area contributed by atoms with Crippen LogP contribution in [0, 0.1) is 0 Å². The summed E-state index contributed by atoms with van der Waals surface area (Å²) in [5.74, 6) is 1.65. The van der Waals surface area contributed by atoms with Gasteiger partial charge in [0.15, 0.2) is 22.7 Å². The molecule has 0 unspecified atom stereocenters. The fraction of sp³-hybridized carbons (Fsp3) is 0.294. The van der Waals surface area contributed by atoms with Crippen LogP contribution in [-0.2, 0) is 0 Å². The summed E-state index contributed by atoms with van der Waals surface area (Å²) in [4.78, 5) is 17.2. The van der Waals surface area contributed by atoms with E-state index in [0.717, 1.165) is 5.56 Å². The molecule has 3 aromatic rings. The summed E-state index contributed by atoms with van der Waals surface area (Å²) < 4.78 is 16.2. The highest BCUT2D eigenvalue weighted by Crippen LogP contribution is 2.32. The van der Waals surface area contributed by atoms with Crippen molar-refractivity contribution >= 4 is 17.1 Å². The van der Waals surface area contributed by atoms with E-state index in [1.54, 1.807) is 20.4 Å². The van der Waals surface area contributed by atoms with Crippen LogP contribution < -0.4 is 19.9 Å². The molecule has 2 N–H and O–H groups in total. The molecule has 130 valence electrons. The lowest BCUT2D eigenvalue weighted by atomic mass is 10.1. The fourth-order valence-corrected chi connectivity index (χ4v) is 2.34. The molecule has 0 aliphatic heterocycles. The number of ether oxygens (including phenoxy) is 3. The smallest absolute Gasteiger partial charge is 0.247 e. The van der Waals surface area contributed by atoms with Crippen LogP contribution in [0.2, 0.25) is 0 Å². The average Bonchev–Trinajstić information content (AvgIpc) is 2.59. The molecule has 0 fully saturated rings. The molecule has 0 saturated heterocycles. The quantitative estimate of drug-likeness (QED) is 0.754. The molecule has 1 aromatic carbocycles. The van der Waals surface area contributed by atoms with Crippen LogP contribution in [0.4, 0.5) is 5.95 Å². The Kier molecular flexibility index (Phi) is 4.51. The Bertz CT molecular complexity index is 914. The molecule has 0 atom stereocenters. The first-order chi connectivity index (χ1) is 12.0. The van der Waals surface area contributed by atoms with E-state index >= 15 is 0 Å². The first kappa shape index (κ1) is 16.7. The minimum Gasteiger partial charge on any atom is -0.493 e. The summed E-state index contributed by atoms with van der Waals surface area (Å²) in [5.41, 5.74) is 8.04. The van der Waals surface area contributed by atoms with Gasteiger partial charge in [-0.3, -0.25) is 0 Å². The molecule has 0 saturated carbocycles. The van der Waals surface area contributed by atoms with Crippen molar-refractivity contribution in [1.82, 2.24) is 19.9 Å². The van der Waals surface area contributed by atoms with Crippen molar-refractivity contribution in [2.24, 2.45) is 0 Å². The zero-order valence-electron chi connectivity index (χ0n) is 14.5. The third-order valence-electron chi connectivity index (χ3n) is 3.42. The SMILES string of the molecule is COc1ccc(-c2cnc3c(OC(C)C)nc(N)nc3n2)cc1OC. The molecule has 0 aliphatic rings. The third-order valence-corrected chi connectivity index (χ3v) is 3.42. The minimum absolute atomic E-state index is 0.0650. The number of benzene rings is 1. The average molecular weight is 341 g/mol. The van der Waals surface area contributed by atoms with E-state index in [9.17, 15) is 0 Å². The number of fused-ring (bicyclic) bond motifs is 1. The molecule has 0 radical (unpaired) electrons. The Morgan fingerprint density at radius 1 is 1.00 bits per heavy atom. The van der Waals surface area contributed by atoms with Crippen LogP contribution in [0.3, 0.4) is 0 Å². The number of rotatable bonds is 5. The topological polar surface area (TPSA) is 105 Å². The lowest BCUT2D eigenvalue weighted by molar-refractivity contribution is 0.235. The number of nitrogens with two attached hydrogens (primary N) is 1. The largest absolute Gasteiger partial charge is 0.493 e. The lowest BCUT2D eigenvalue weighted by Gasteiger charge is -2.12. The normalized spacial score (nSPS) is 10.9. The second kappa shape index (κ2) is 6.76. The van der Waals surface area contributed by atoms with Gasteiger partial charge in [-0.05, 0) is 32.0 Å². The highest BCUT2D eigenvalue weighted by molar-refractivity contribution is 5.79. The molecule has 0 amide bonds. The highest BCUT2D eigenvalue weighted by Gasteiger charge is 2.14. The maximum absolute atomic E-state index is 5.77. The number of anilines is 1. The standard InChI is InChI=1S/C17H19N5O3/c1-9(2)25-16-14-15(21-17(18)22-16)20-11(8-19-14)10-5-6-12(23-3)13(7-10)24-4/h5-9H,1-4H3,(H2,18,20,21,22). The van der Waals surface area contributed by atoms with E-state index in [1.165, 1.54) is 0 Å². The van der Waals surface area contributed by atoms with E-state index in [4.69, 9.17) is 19.9 Å². The van der Waals surface area contributed by atoms with Crippen LogP contribution in [0.5, 0.6) is 17.4 Å². The molecule has 8 heteroatoms. The van der Waals surface area contributed by atoms with E-state index in [2.05, 4.69) is 19.9 Å². The molecule has 0 bridgehead atoms. The van der Waals surface area contributed by atoms with Gasteiger partial charge in [0.25, 0.3) is 0 Å². The van der Waals surface area contributed by atoms with Crippen molar-refractivity contribution in [3.63, 3.8) is 0 Å². The Morgan fingerprint density at radius 2 is 1.76 bits per heavy atom. The summed E-state index contributed by atoms with van der Waals surface area (Å²) >= 11 is 0. The molecule has 8 nitrogen and oxygen atoms in total. The van der Waals surface area contributed by atoms with Crippen LogP contribution >= 0.6 is 0 Å². The Hall–Kier alpha value is -3.16. The van der Waals surface area contributed by atoms with Crippen molar-refractivity contribution in [3.05, 3.63) is 24.4 Å². The molecular weight excluding hydrogens is 322 g/mol. The maximum Gasteiger partial charge on any atom is 0.247 e. The molecule has 25 heavy (non-hydrogen) atoms. The molecule has 2 aromatic heterocycles. The molecular formula is C17H19N5O3. The molecule has 0 aliphatic carbocycles. The van der Waals surface area contributed by atoms with Gasteiger partial charge >= 0.3 is 0 Å². The number of aromatic nitrogens is 4. The van der Waals surface area contributed by atoms with Crippen LogP contribution in [-0.4, -0.2) is 40.3 Å². The van der Waals surface area contributed by atoms with Crippen LogP contribution in [0.25, 0.3) is 22.4 Å². The van der Waals surface area contributed by atoms with Crippen LogP contribution in [0.15, 0.2) is 24.4 Å². The van der Waals surface area contributed by atoms with Gasteiger partial charge in [-0.1, -0.05) is 0 Å². The summed E-state index contributed by atoms with van der Waals surface area (Å²) in [5, 5.41) is 0. The molecule has 2 heterocycles. The number of hydrogen-bond acceptors (Lipinski definition) is 8. The molecule has 0 spiro atoms. The van der Waals surface area contributed by atoms with E-state index in [1.807, 2.05) is 32.0 Å². The predicted molar refractivity (Wildman–Crippen MR) is 93.8 cm³/mol. The second-order valence-electron chi connectivity index (χ2n) is 5.55. The third kappa shape index (κ3) is 3.37. The van der Waals surface area contributed by atoms with Crippen molar-refractivity contribution in [2.75, 3.05) is 20.0 Å². The number of nitrogens with zero attached hydrogens (tertiary/aromatic N) is 4. The Balaban J connectivity index is 2.10. The summed E-state index contributed by atoms with van der Waals surface area (Å²) in [6, 6.07) is 5.50. The van der Waals surface area contributed by atoms with Gasteiger partial charge in [0.2, 0.25) is 11.8 Å². The summed E-state index contributed by atoms with van der Waals surface area (Å²) in [6.45, 7) is 3.80. The van der Waals surface area contributed by atoms with E-state index < -0.39 is 0 Å². The monoisotopic (exact) mass is 341 g/mol. The Morgan fingerprint density at radius 3 is 2.44 bits per heavy atom. The number of hydrogen-bond donors (Lipinski definition) is 1. The van der Waals surface area contributed by atoms with Gasteiger partial charge in [0, 0.05) is 5.56 Å². The number of methoxy groups -OCH3 is 2. The predicted octanol–water partition coefficient (Wildman–Crippen LogP) is 2.47. The van der Waals surface area contributed by atoms with Crippen LogP contribution in [0.1, 0.15) is 13.8 Å². The maximum atomic E-state index is 5.77. The number of nitrogen functional groups attached to an aromatic ring is 1. The van der Waals surface area contributed by atoms with Crippen molar-refractivity contribution in [1.29, 1.82) is 0 Å². The summed E-state index contributed by atoms with van der Waals surface area (Å²) in [6.07, 6.45) is 1.57. The van der Waals surface area contributed by atoms with Gasteiger partial charge in [-0.2, -0.15) is 9.97 Å². The lowest BCUT2D eigenvalue weighted by Crippen LogP contribution is -2.10. The van der Waals surface area contributed by atoms with Gasteiger partial charge in [-0.15, -0.1) is 0 Å². The second-order valence-corrected chi connectivity index (χ2v) is 5.55. The van der Waals surface area contributed by atoms with E-state index in [0.29, 0.717) is 34.2 Å². The molecule has 3 rings (SSSR count).